The van der Waals surface area contributed by atoms with Crippen LogP contribution in [0.1, 0.15) is 19.8 Å². The number of rotatable bonds is 7. The van der Waals surface area contributed by atoms with Crippen LogP contribution in [0.15, 0.2) is 0 Å². The molecular formula is C7H17NO4S. The second kappa shape index (κ2) is 6.31. The summed E-state index contributed by atoms with van der Waals surface area (Å²) in [6.07, 6.45) is 1.14. The van der Waals surface area contributed by atoms with Crippen molar-refractivity contribution >= 4 is 10.1 Å². The van der Waals surface area contributed by atoms with Gasteiger partial charge in [-0.15, -0.1) is 0 Å². The molecule has 0 saturated heterocycles. The number of aliphatic hydroxyl groups excluding tert-OH is 1. The molecule has 80 valence electrons. The van der Waals surface area contributed by atoms with Gasteiger partial charge in [0.05, 0.1) is 11.9 Å². The molecule has 0 spiro atoms. The van der Waals surface area contributed by atoms with E-state index in [0.29, 0.717) is 13.0 Å². The Kier molecular flexibility index (Phi) is 6.23. The summed E-state index contributed by atoms with van der Waals surface area (Å²) < 4.78 is 28.9. The zero-order chi connectivity index (χ0) is 10.3. The lowest BCUT2D eigenvalue weighted by Crippen LogP contribution is -2.30. The number of hydrogen-bond donors (Lipinski definition) is 3. The molecule has 6 heteroatoms. The van der Waals surface area contributed by atoms with Crippen LogP contribution in [0.2, 0.25) is 0 Å². The van der Waals surface area contributed by atoms with Gasteiger partial charge >= 0.3 is 0 Å². The Morgan fingerprint density at radius 1 is 1.46 bits per heavy atom. The highest BCUT2D eigenvalue weighted by Gasteiger charge is 2.05. The van der Waals surface area contributed by atoms with Gasteiger partial charge in [-0.2, -0.15) is 8.42 Å². The van der Waals surface area contributed by atoms with Gasteiger partial charge < -0.3 is 10.4 Å². The van der Waals surface area contributed by atoms with E-state index in [0.717, 1.165) is 6.42 Å². The molecule has 1 atom stereocenters. The Balaban J connectivity index is 3.36. The van der Waals surface area contributed by atoms with Crippen LogP contribution in [0, 0.1) is 0 Å². The Hall–Kier alpha value is -0.170. The molecule has 0 bridgehead atoms. The van der Waals surface area contributed by atoms with Crippen molar-refractivity contribution in [1.82, 2.24) is 5.32 Å². The van der Waals surface area contributed by atoms with Crippen LogP contribution in [0.4, 0.5) is 0 Å². The normalized spacial score (nSPS) is 14.4. The SMILES string of the molecule is CCCC(O)CNCCS(=O)(=O)O. The van der Waals surface area contributed by atoms with Crippen molar-refractivity contribution in [2.75, 3.05) is 18.8 Å². The van der Waals surface area contributed by atoms with Crippen LogP contribution in [0.5, 0.6) is 0 Å². The van der Waals surface area contributed by atoms with E-state index >= 15 is 0 Å². The molecule has 0 aromatic rings. The molecule has 0 saturated carbocycles. The monoisotopic (exact) mass is 211 g/mol. The molecule has 1 unspecified atom stereocenters. The van der Waals surface area contributed by atoms with E-state index in [4.69, 9.17) is 4.55 Å². The van der Waals surface area contributed by atoms with Crippen LogP contribution in [-0.2, 0) is 10.1 Å². The molecule has 0 radical (unpaired) electrons. The lowest BCUT2D eigenvalue weighted by molar-refractivity contribution is 0.161. The van der Waals surface area contributed by atoms with Crippen LogP contribution in [0.25, 0.3) is 0 Å². The molecule has 3 N–H and O–H groups in total. The maximum atomic E-state index is 10.3. The third-order valence-electron chi connectivity index (χ3n) is 1.54. The number of hydrogen-bond acceptors (Lipinski definition) is 4. The Labute approximate surface area is 78.9 Å². The average Bonchev–Trinajstić information content (AvgIpc) is 1.97. The third kappa shape index (κ3) is 9.75. The van der Waals surface area contributed by atoms with Crippen LogP contribution in [0.3, 0.4) is 0 Å². The molecule has 0 amide bonds. The Morgan fingerprint density at radius 2 is 2.08 bits per heavy atom. The molecule has 0 aliphatic rings. The van der Waals surface area contributed by atoms with Gasteiger partial charge in [-0.25, -0.2) is 0 Å². The van der Waals surface area contributed by atoms with Crippen molar-refractivity contribution in [1.29, 1.82) is 0 Å². The molecule has 0 rings (SSSR count). The van der Waals surface area contributed by atoms with Gasteiger partial charge in [0.15, 0.2) is 0 Å². The lowest BCUT2D eigenvalue weighted by Gasteiger charge is -2.09. The molecule has 13 heavy (non-hydrogen) atoms. The topological polar surface area (TPSA) is 86.6 Å². The zero-order valence-electron chi connectivity index (χ0n) is 7.73. The minimum absolute atomic E-state index is 0.166. The van der Waals surface area contributed by atoms with E-state index < -0.39 is 16.2 Å². The lowest BCUT2D eigenvalue weighted by atomic mass is 10.2. The van der Waals surface area contributed by atoms with Crippen LogP contribution < -0.4 is 5.32 Å². The molecule has 0 aromatic carbocycles. The van der Waals surface area contributed by atoms with E-state index in [1.54, 1.807) is 0 Å². The Morgan fingerprint density at radius 3 is 2.54 bits per heavy atom. The summed E-state index contributed by atoms with van der Waals surface area (Å²) in [4.78, 5) is 0. The van der Waals surface area contributed by atoms with Gasteiger partial charge in [-0.05, 0) is 6.42 Å². The molecule has 0 heterocycles. The predicted octanol–water partition coefficient (Wildman–Crippen LogP) is -0.375. The highest BCUT2D eigenvalue weighted by atomic mass is 32.2. The highest BCUT2D eigenvalue weighted by Crippen LogP contribution is 1.93. The second-order valence-electron chi connectivity index (χ2n) is 2.93. The van der Waals surface area contributed by atoms with Crippen molar-refractivity contribution < 1.29 is 18.1 Å². The number of nitrogens with one attached hydrogen (secondary N) is 1. The fourth-order valence-electron chi connectivity index (χ4n) is 0.905. The quantitative estimate of drug-likeness (QED) is 0.395. The van der Waals surface area contributed by atoms with Crippen molar-refractivity contribution in [3.63, 3.8) is 0 Å². The molecule has 5 nitrogen and oxygen atoms in total. The van der Waals surface area contributed by atoms with E-state index in [9.17, 15) is 13.5 Å². The van der Waals surface area contributed by atoms with Crippen molar-refractivity contribution in [3.05, 3.63) is 0 Å². The summed E-state index contributed by atoms with van der Waals surface area (Å²) in [5.41, 5.74) is 0. The van der Waals surface area contributed by atoms with E-state index in [1.807, 2.05) is 6.92 Å². The summed E-state index contributed by atoms with van der Waals surface area (Å²) in [5.74, 6) is -0.314. The van der Waals surface area contributed by atoms with Gasteiger partial charge in [0.1, 0.15) is 0 Å². The summed E-state index contributed by atoms with van der Waals surface area (Å²) in [7, 11) is -3.88. The fourth-order valence-corrected chi connectivity index (χ4v) is 1.31. The van der Waals surface area contributed by atoms with Gasteiger partial charge in [0.25, 0.3) is 10.1 Å². The van der Waals surface area contributed by atoms with Crippen LogP contribution >= 0.6 is 0 Å². The number of aliphatic hydroxyl groups is 1. The molecular weight excluding hydrogens is 194 g/mol. The largest absolute Gasteiger partial charge is 0.392 e. The molecule has 0 aliphatic carbocycles. The minimum atomic E-state index is -3.88. The zero-order valence-corrected chi connectivity index (χ0v) is 8.55. The van der Waals surface area contributed by atoms with Crippen molar-refractivity contribution in [2.24, 2.45) is 0 Å². The minimum Gasteiger partial charge on any atom is -0.392 e. The predicted molar refractivity (Wildman–Crippen MR) is 50.2 cm³/mol. The maximum Gasteiger partial charge on any atom is 0.266 e. The summed E-state index contributed by atoms with van der Waals surface area (Å²) >= 11 is 0. The van der Waals surface area contributed by atoms with Gasteiger partial charge in [0, 0.05) is 13.1 Å². The third-order valence-corrected chi connectivity index (χ3v) is 2.26. The highest BCUT2D eigenvalue weighted by molar-refractivity contribution is 7.85. The molecule has 0 fully saturated rings. The molecule has 0 aliphatic heterocycles. The van der Waals surface area contributed by atoms with Gasteiger partial charge in [0.2, 0.25) is 0 Å². The average molecular weight is 211 g/mol. The first-order valence-electron chi connectivity index (χ1n) is 4.29. The van der Waals surface area contributed by atoms with Crippen molar-refractivity contribution in [3.8, 4) is 0 Å². The summed E-state index contributed by atoms with van der Waals surface area (Å²) in [6.45, 7) is 2.49. The van der Waals surface area contributed by atoms with E-state index in [1.165, 1.54) is 0 Å². The summed E-state index contributed by atoms with van der Waals surface area (Å²) in [5, 5.41) is 11.9. The standard InChI is InChI=1S/C7H17NO4S/c1-2-3-7(9)6-8-4-5-13(10,11)12/h7-9H,2-6H2,1H3,(H,10,11,12). The van der Waals surface area contributed by atoms with Crippen LogP contribution in [-0.4, -0.2) is 43.0 Å². The Bertz CT molecular complexity index is 215. The van der Waals surface area contributed by atoms with Gasteiger partial charge in [-0.3, -0.25) is 4.55 Å². The smallest absolute Gasteiger partial charge is 0.266 e. The van der Waals surface area contributed by atoms with E-state index in [2.05, 4.69) is 5.32 Å². The second-order valence-corrected chi connectivity index (χ2v) is 4.50. The van der Waals surface area contributed by atoms with Gasteiger partial charge in [-0.1, -0.05) is 13.3 Å². The van der Waals surface area contributed by atoms with E-state index in [-0.39, 0.29) is 12.3 Å². The summed E-state index contributed by atoms with van der Waals surface area (Å²) in [6, 6.07) is 0. The first kappa shape index (κ1) is 12.8. The first-order valence-corrected chi connectivity index (χ1v) is 5.90. The van der Waals surface area contributed by atoms with Crippen molar-refractivity contribution in [2.45, 2.75) is 25.9 Å². The maximum absolute atomic E-state index is 10.3. The fraction of sp³-hybridized carbons (Fsp3) is 1.00. The molecule has 0 aromatic heterocycles. The first-order chi connectivity index (χ1) is 5.95.